The lowest BCUT2D eigenvalue weighted by Crippen LogP contribution is -2.40. The molecule has 0 saturated heterocycles. The van der Waals surface area contributed by atoms with E-state index in [0.29, 0.717) is 11.1 Å². The van der Waals surface area contributed by atoms with E-state index in [1.807, 2.05) is 56.0 Å². The number of ether oxygens (including phenoxy) is 1. The van der Waals surface area contributed by atoms with Gasteiger partial charge in [0.1, 0.15) is 14.7 Å². The molecule has 3 aromatic carbocycles. The van der Waals surface area contributed by atoms with Gasteiger partial charge in [-0.05, 0) is 47.7 Å². The predicted molar refractivity (Wildman–Crippen MR) is 147 cm³/mol. The number of carbonyl (C=O) groups excluding carboxylic acids is 1. The monoisotopic (exact) mass is 520 g/mol. The molecule has 0 saturated carbocycles. The van der Waals surface area contributed by atoms with Gasteiger partial charge in [-0.2, -0.15) is 0 Å². The summed E-state index contributed by atoms with van der Waals surface area (Å²) in [6.45, 7) is 3.85. The number of nitrogens with one attached hydrogen (secondary N) is 1. The molecule has 0 spiro atoms. The Morgan fingerprint density at radius 3 is 2.08 bits per heavy atom. The van der Waals surface area contributed by atoms with Gasteiger partial charge in [0.05, 0.1) is 0 Å². The topological polar surface area (TPSA) is 38.3 Å². The minimum absolute atomic E-state index is 0.0798. The van der Waals surface area contributed by atoms with Gasteiger partial charge >= 0.3 is 13.1 Å². The Balaban J connectivity index is 1.52. The molecule has 0 radical (unpaired) electrons. The summed E-state index contributed by atoms with van der Waals surface area (Å²) < 4.78 is 47.5. The van der Waals surface area contributed by atoms with Crippen molar-refractivity contribution >= 4 is 26.6 Å². The predicted octanol–water partition coefficient (Wildman–Crippen LogP) is 6.63. The lowest BCUT2D eigenvalue weighted by molar-refractivity contribution is 0.142. The molecule has 1 amide bonds. The second-order valence-electron chi connectivity index (χ2n) is 10.5. The smallest absolute Gasteiger partial charge is 0.449 e. The maximum atomic E-state index is 14.0. The summed E-state index contributed by atoms with van der Waals surface area (Å²) in [4.78, 5) is 12.6. The summed E-state index contributed by atoms with van der Waals surface area (Å²) >= 11 is 0. The third kappa shape index (κ3) is 5.78. The standard InChI is InChI=1S/C29H30BF3NO2Si/c1-19-21(14-15-37(3,4)5)16-22(20(2)28(19)30(31,32)33)17-34-29(35)36-18-27-25-12-8-6-10-23(25)24-11-7-9-13-26(24)27/h6-13,16,27H,17-18H2,1-5H3,(H,34,35)/q-1. The lowest BCUT2D eigenvalue weighted by Gasteiger charge is -2.25. The molecular formula is C29H30BF3NO2Si-. The van der Waals surface area contributed by atoms with Crippen LogP contribution in [-0.2, 0) is 11.3 Å². The summed E-state index contributed by atoms with van der Waals surface area (Å²) in [5.74, 6) is 2.88. The van der Waals surface area contributed by atoms with Crippen molar-refractivity contribution in [1.29, 1.82) is 0 Å². The van der Waals surface area contributed by atoms with Gasteiger partial charge in [0.2, 0.25) is 0 Å². The number of halogens is 3. The van der Waals surface area contributed by atoms with Crippen LogP contribution in [0.4, 0.5) is 17.7 Å². The second-order valence-corrected chi connectivity index (χ2v) is 15.3. The Labute approximate surface area is 217 Å². The second kappa shape index (κ2) is 10.1. The van der Waals surface area contributed by atoms with Gasteiger partial charge in [-0.1, -0.05) is 85.2 Å². The van der Waals surface area contributed by atoms with Crippen LogP contribution >= 0.6 is 0 Å². The van der Waals surface area contributed by atoms with Crippen molar-refractivity contribution in [2.45, 2.75) is 46.0 Å². The van der Waals surface area contributed by atoms with Crippen LogP contribution in [0.3, 0.4) is 0 Å². The van der Waals surface area contributed by atoms with Crippen LogP contribution in [0.25, 0.3) is 11.1 Å². The first-order valence-electron chi connectivity index (χ1n) is 12.3. The number of hydrogen-bond donors (Lipinski definition) is 1. The fourth-order valence-electron chi connectivity index (χ4n) is 4.87. The average molecular weight is 520 g/mol. The van der Waals surface area contributed by atoms with Crippen LogP contribution in [-0.4, -0.2) is 27.8 Å². The maximum absolute atomic E-state index is 14.0. The fourth-order valence-corrected chi connectivity index (χ4v) is 5.38. The van der Waals surface area contributed by atoms with Gasteiger partial charge in [-0.3, -0.25) is 0 Å². The van der Waals surface area contributed by atoms with Gasteiger partial charge in [0.25, 0.3) is 0 Å². The van der Waals surface area contributed by atoms with Crippen LogP contribution in [0.5, 0.6) is 0 Å². The van der Waals surface area contributed by atoms with E-state index in [1.165, 1.54) is 13.8 Å². The quantitative estimate of drug-likeness (QED) is 0.303. The Morgan fingerprint density at radius 1 is 0.973 bits per heavy atom. The van der Waals surface area contributed by atoms with E-state index < -0.39 is 26.6 Å². The Hall–Kier alpha value is -3.44. The molecule has 1 aliphatic carbocycles. The molecule has 192 valence electrons. The highest BCUT2D eigenvalue weighted by Crippen LogP contribution is 2.44. The van der Waals surface area contributed by atoms with Crippen molar-refractivity contribution in [3.05, 3.63) is 88.0 Å². The fraction of sp³-hybridized carbons (Fsp3) is 0.276. The highest BCUT2D eigenvalue weighted by Gasteiger charge is 2.32. The van der Waals surface area contributed by atoms with Crippen molar-refractivity contribution in [3.8, 4) is 22.6 Å². The van der Waals surface area contributed by atoms with Crippen molar-refractivity contribution in [2.24, 2.45) is 0 Å². The first-order chi connectivity index (χ1) is 17.4. The Kier molecular flexibility index (Phi) is 7.29. The first-order valence-corrected chi connectivity index (χ1v) is 15.8. The lowest BCUT2D eigenvalue weighted by atomic mass is 9.71. The Morgan fingerprint density at radius 2 is 1.54 bits per heavy atom. The van der Waals surface area contributed by atoms with Crippen molar-refractivity contribution < 1.29 is 22.5 Å². The molecule has 3 nitrogen and oxygen atoms in total. The van der Waals surface area contributed by atoms with E-state index in [2.05, 4.69) is 28.9 Å². The van der Waals surface area contributed by atoms with Gasteiger partial charge in [0.15, 0.2) is 0 Å². The summed E-state index contributed by atoms with van der Waals surface area (Å²) in [6.07, 6.45) is -0.671. The Bertz CT molecular complexity index is 1370. The SMILES string of the molecule is Cc1c(C#C[Si](C)(C)C)cc(CNC(=O)OCC2c3ccccc3-c3ccccc32)c(C)c1[B-](F)(F)F. The van der Waals surface area contributed by atoms with Gasteiger partial charge in [0, 0.05) is 18.0 Å². The largest absolute Gasteiger partial charge is 0.510 e. The maximum Gasteiger partial charge on any atom is 0.510 e. The van der Waals surface area contributed by atoms with E-state index in [-0.39, 0.29) is 30.2 Å². The van der Waals surface area contributed by atoms with Crippen LogP contribution in [0.1, 0.15) is 39.3 Å². The average Bonchev–Trinajstić information content (AvgIpc) is 3.14. The van der Waals surface area contributed by atoms with Crippen molar-refractivity contribution in [1.82, 2.24) is 5.32 Å². The molecule has 0 fully saturated rings. The molecule has 0 atom stereocenters. The van der Waals surface area contributed by atoms with Crippen LogP contribution < -0.4 is 10.8 Å². The number of fused-ring (bicyclic) bond motifs is 3. The molecule has 1 N–H and O–H groups in total. The number of carbonyl (C=O) groups is 1. The van der Waals surface area contributed by atoms with Gasteiger partial charge in [-0.15, -0.1) is 11.0 Å². The molecule has 3 aromatic rings. The molecule has 0 aliphatic heterocycles. The van der Waals surface area contributed by atoms with Crippen LogP contribution in [0, 0.1) is 25.3 Å². The van der Waals surface area contributed by atoms with E-state index in [1.54, 1.807) is 6.07 Å². The van der Waals surface area contributed by atoms with Crippen LogP contribution in [0.2, 0.25) is 19.6 Å². The molecule has 0 heterocycles. The normalized spacial score (nSPS) is 12.9. The molecular weight excluding hydrogens is 490 g/mol. The van der Waals surface area contributed by atoms with Gasteiger partial charge in [-0.25, -0.2) is 4.79 Å². The van der Waals surface area contributed by atoms with E-state index in [0.717, 1.165) is 22.3 Å². The third-order valence-corrected chi connectivity index (χ3v) is 7.55. The number of rotatable bonds is 5. The van der Waals surface area contributed by atoms with Crippen molar-refractivity contribution in [3.63, 3.8) is 0 Å². The number of benzene rings is 3. The van der Waals surface area contributed by atoms with E-state index in [4.69, 9.17) is 4.74 Å². The summed E-state index contributed by atoms with van der Waals surface area (Å²) in [5, 5.41) is 2.65. The summed E-state index contributed by atoms with van der Waals surface area (Å²) in [5.41, 5.74) is 7.93. The summed E-state index contributed by atoms with van der Waals surface area (Å²) in [7, 11) is -1.79. The number of alkyl carbamates (subject to hydrolysis) is 1. The molecule has 0 aromatic heterocycles. The molecule has 0 unspecified atom stereocenters. The number of amides is 1. The summed E-state index contributed by atoms with van der Waals surface area (Å²) in [6, 6.07) is 17.7. The number of hydrogen-bond acceptors (Lipinski definition) is 2. The molecule has 4 rings (SSSR count). The zero-order valence-electron chi connectivity index (χ0n) is 21.7. The highest BCUT2D eigenvalue weighted by molar-refractivity contribution is 6.84. The van der Waals surface area contributed by atoms with Crippen LogP contribution in [0.15, 0.2) is 54.6 Å². The van der Waals surface area contributed by atoms with E-state index >= 15 is 0 Å². The molecule has 37 heavy (non-hydrogen) atoms. The zero-order chi connectivity index (χ0) is 27.0. The highest BCUT2D eigenvalue weighted by atomic mass is 28.3. The zero-order valence-corrected chi connectivity index (χ0v) is 22.7. The molecule has 1 aliphatic rings. The third-order valence-electron chi connectivity index (χ3n) is 6.68. The minimum atomic E-state index is -5.24. The first kappa shape index (κ1) is 26.6. The molecule has 0 bridgehead atoms. The van der Waals surface area contributed by atoms with E-state index in [9.17, 15) is 17.7 Å². The molecule has 8 heteroatoms. The van der Waals surface area contributed by atoms with Gasteiger partial charge < -0.3 is 23.0 Å². The minimum Gasteiger partial charge on any atom is -0.449 e. The van der Waals surface area contributed by atoms with Crippen molar-refractivity contribution in [2.75, 3.05) is 6.61 Å².